The van der Waals surface area contributed by atoms with Crippen molar-refractivity contribution < 1.29 is 18.0 Å². The Morgan fingerprint density at radius 2 is 1.85 bits per heavy atom. The van der Waals surface area contributed by atoms with Gasteiger partial charge in [-0.05, 0) is 43.2 Å². The summed E-state index contributed by atoms with van der Waals surface area (Å²) in [5.41, 5.74) is 0.484. The number of piperazine rings is 1. The number of sulfonamides is 1. The van der Waals surface area contributed by atoms with E-state index in [0.717, 1.165) is 31.8 Å². The fraction of sp³-hybridized carbons (Fsp3) is 0.474. The van der Waals surface area contributed by atoms with Gasteiger partial charge in [-0.15, -0.1) is 0 Å². The third-order valence-corrected chi connectivity index (χ3v) is 7.12. The van der Waals surface area contributed by atoms with Crippen molar-refractivity contribution in [2.75, 3.05) is 25.0 Å². The van der Waals surface area contributed by atoms with Crippen LogP contribution in [-0.2, 0) is 19.6 Å². The minimum Gasteiger partial charge on any atom is -0.323 e. The first kappa shape index (κ1) is 19.7. The van der Waals surface area contributed by atoms with E-state index in [4.69, 9.17) is 0 Å². The summed E-state index contributed by atoms with van der Waals surface area (Å²) >= 11 is 0. The zero-order chi connectivity index (χ0) is 19.4. The Kier molecular flexibility index (Phi) is 6.08. The second-order valence-corrected chi connectivity index (χ2v) is 8.83. The van der Waals surface area contributed by atoms with Crippen LogP contribution in [-0.4, -0.2) is 50.1 Å². The van der Waals surface area contributed by atoms with Crippen molar-refractivity contribution in [3.63, 3.8) is 0 Å². The highest BCUT2D eigenvalue weighted by Gasteiger charge is 2.40. The number of anilines is 1. The van der Waals surface area contributed by atoms with E-state index in [9.17, 15) is 18.0 Å². The molecule has 1 heterocycles. The number of Topliss-reactive ketones (excluding diaryl/α,β-unsaturated/α-hetero) is 1. The molecule has 0 bridgehead atoms. The average Bonchev–Trinajstić information content (AvgIpc) is 3.22. The van der Waals surface area contributed by atoms with Crippen LogP contribution in [0.25, 0.3) is 0 Å². The molecule has 1 aliphatic carbocycles. The SMILES string of the molecule is C=CC(=O)Nc1ccc(S(=O)(=O)N2CCNCC2C(=O)C2CCCC2)cc1. The van der Waals surface area contributed by atoms with Gasteiger partial charge in [-0.2, -0.15) is 4.31 Å². The molecule has 1 saturated heterocycles. The van der Waals surface area contributed by atoms with Gasteiger partial charge in [0.05, 0.1) is 10.9 Å². The van der Waals surface area contributed by atoms with Crippen molar-refractivity contribution >= 4 is 27.4 Å². The van der Waals surface area contributed by atoms with Gasteiger partial charge < -0.3 is 10.6 Å². The Balaban J connectivity index is 1.81. The number of ketones is 1. The van der Waals surface area contributed by atoms with Crippen LogP contribution < -0.4 is 10.6 Å². The summed E-state index contributed by atoms with van der Waals surface area (Å²) in [5, 5.41) is 5.73. The lowest BCUT2D eigenvalue weighted by atomic mass is 9.96. The molecular weight excluding hydrogens is 366 g/mol. The van der Waals surface area contributed by atoms with Crippen molar-refractivity contribution in [3.8, 4) is 0 Å². The molecule has 8 heteroatoms. The number of benzene rings is 1. The fourth-order valence-electron chi connectivity index (χ4n) is 3.74. The Hall–Kier alpha value is -2.03. The number of amides is 1. The molecule has 1 aliphatic heterocycles. The molecule has 146 valence electrons. The molecule has 0 radical (unpaired) electrons. The van der Waals surface area contributed by atoms with Gasteiger partial charge in [0.2, 0.25) is 15.9 Å². The molecule has 0 spiro atoms. The first-order valence-corrected chi connectivity index (χ1v) is 10.7. The highest BCUT2D eigenvalue weighted by Crippen LogP contribution is 2.30. The number of nitrogens with one attached hydrogen (secondary N) is 2. The first-order valence-electron chi connectivity index (χ1n) is 9.23. The Labute approximate surface area is 159 Å². The van der Waals surface area contributed by atoms with Crippen LogP contribution in [0.15, 0.2) is 41.8 Å². The van der Waals surface area contributed by atoms with E-state index in [-0.39, 0.29) is 29.0 Å². The molecule has 1 atom stereocenters. The average molecular weight is 391 g/mol. The Morgan fingerprint density at radius 3 is 2.48 bits per heavy atom. The van der Waals surface area contributed by atoms with Crippen LogP contribution in [0.2, 0.25) is 0 Å². The number of carbonyl (C=O) groups excluding carboxylic acids is 2. The van der Waals surface area contributed by atoms with Gasteiger partial charge in [-0.1, -0.05) is 19.4 Å². The zero-order valence-electron chi connectivity index (χ0n) is 15.2. The molecule has 3 rings (SSSR count). The number of rotatable bonds is 6. The minimum atomic E-state index is -3.80. The second kappa shape index (κ2) is 8.33. The number of hydrogen-bond donors (Lipinski definition) is 2. The summed E-state index contributed by atoms with van der Waals surface area (Å²) in [7, 11) is -3.80. The van der Waals surface area contributed by atoms with Gasteiger partial charge >= 0.3 is 0 Å². The summed E-state index contributed by atoms with van der Waals surface area (Å²) in [6.07, 6.45) is 4.90. The number of hydrogen-bond acceptors (Lipinski definition) is 5. The van der Waals surface area contributed by atoms with Crippen molar-refractivity contribution in [2.45, 2.75) is 36.6 Å². The lowest BCUT2D eigenvalue weighted by Gasteiger charge is -2.35. The van der Waals surface area contributed by atoms with Crippen LogP contribution in [0.5, 0.6) is 0 Å². The summed E-state index contributed by atoms with van der Waals surface area (Å²) < 4.78 is 27.6. The molecule has 1 aromatic carbocycles. The lowest BCUT2D eigenvalue weighted by molar-refractivity contribution is -0.126. The zero-order valence-corrected chi connectivity index (χ0v) is 16.0. The van der Waals surface area contributed by atoms with E-state index in [2.05, 4.69) is 17.2 Å². The van der Waals surface area contributed by atoms with E-state index in [1.54, 1.807) is 0 Å². The molecule has 2 fully saturated rings. The van der Waals surface area contributed by atoms with Crippen molar-refractivity contribution in [1.82, 2.24) is 9.62 Å². The monoisotopic (exact) mass is 391 g/mol. The predicted octanol–water partition coefficient (Wildman–Crippen LogP) is 1.53. The molecule has 2 aliphatic rings. The van der Waals surface area contributed by atoms with Crippen LogP contribution in [0.4, 0.5) is 5.69 Å². The van der Waals surface area contributed by atoms with Gasteiger partial charge in [0.1, 0.15) is 0 Å². The minimum absolute atomic E-state index is 0.0261. The van der Waals surface area contributed by atoms with Crippen molar-refractivity contribution in [1.29, 1.82) is 0 Å². The van der Waals surface area contributed by atoms with Gasteiger partial charge in [0.25, 0.3) is 0 Å². The van der Waals surface area contributed by atoms with Crippen molar-refractivity contribution in [2.24, 2.45) is 5.92 Å². The smallest absolute Gasteiger partial charge is 0.247 e. The van der Waals surface area contributed by atoms with E-state index >= 15 is 0 Å². The van der Waals surface area contributed by atoms with Gasteiger partial charge in [0, 0.05) is 31.2 Å². The van der Waals surface area contributed by atoms with E-state index in [1.807, 2.05) is 0 Å². The molecule has 2 N–H and O–H groups in total. The Morgan fingerprint density at radius 1 is 1.19 bits per heavy atom. The normalized spacial score (nSPS) is 21.7. The molecule has 27 heavy (non-hydrogen) atoms. The molecule has 0 aromatic heterocycles. The first-order chi connectivity index (χ1) is 12.9. The summed E-state index contributed by atoms with van der Waals surface area (Å²) in [6, 6.07) is 5.31. The number of nitrogens with zero attached hydrogens (tertiary/aromatic N) is 1. The number of carbonyl (C=O) groups is 2. The van der Waals surface area contributed by atoms with Gasteiger partial charge in [-0.25, -0.2) is 8.42 Å². The fourth-order valence-corrected chi connectivity index (χ4v) is 5.33. The summed E-state index contributed by atoms with van der Waals surface area (Å²) in [6.45, 7) is 4.51. The topological polar surface area (TPSA) is 95.6 Å². The van der Waals surface area contributed by atoms with Crippen molar-refractivity contribution in [3.05, 3.63) is 36.9 Å². The van der Waals surface area contributed by atoms with Gasteiger partial charge in [-0.3, -0.25) is 9.59 Å². The van der Waals surface area contributed by atoms with Crippen LogP contribution in [0, 0.1) is 5.92 Å². The van der Waals surface area contributed by atoms with E-state index in [0.29, 0.717) is 18.8 Å². The molecule has 1 amide bonds. The third kappa shape index (κ3) is 4.28. The second-order valence-electron chi connectivity index (χ2n) is 6.94. The molecule has 1 aromatic rings. The maximum atomic E-state index is 13.1. The quantitative estimate of drug-likeness (QED) is 0.717. The van der Waals surface area contributed by atoms with Gasteiger partial charge in [0.15, 0.2) is 5.78 Å². The standard InChI is InChI=1S/C19H25N3O4S/c1-2-18(23)21-15-7-9-16(10-8-15)27(25,26)22-12-11-20-13-17(22)19(24)14-5-3-4-6-14/h2,7-10,14,17,20H,1,3-6,11-13H2,(H,21,23). The van der Waals surface area contributed by atoms with E-state index < -0.39 is 16.1 Å². The predicted molar refractivity (Wildman–Crippen MR) is 103 cm³/mol. The largest absolute Gasteiger partial charge is 0.323 e. The highest BCUT2D eigenvalue weighted by molar-refractivity contribution is 7.89. The summed E-state index contributed by atoms with van der Waals surface area (Å²) in [5.74, 6) is -0.378. The molecule has 7 nitrogen and oxygen atoms in total. The van der Waals surface area contributed by atoms with E-state index in [1.165, 1.54) is 28.6 Å². The lowest BCUT2D eigenvalue weighted by Crippen LogP contribution is -2.57. The maximum Gasteiger partial charge on any atom is 0.247 e. The molecular formula is C19H25N3O4S. The molecule has 1 saturated carbocycles. The molecule has 1 unspecified atom stereocenters. The maximum absolute atomic E-state index is 13.1. The van der Waals surface area contributed by atoms with Crippen LogP contribution >= 0.6 is 0 Å². The highest BCUT2D eigenvalue weighted by atomic mass is 32.2. The third-order valence-electron chi connectivity index (χ3n) is 5.19. The van der Waals surface area contributed by atoms with Crippen LogP contribution in [0.1, 0.15) is 25.7 Å². The Bertz CT molecular complexity index is 814. The van der Waals surface area contributed by atoms with Crippen LogP contribution in [0.3, 0.4) is 0 Å². The summed E-state index contributed by atoms with van der Waals surface area (Å²) in [4.78, 5) is 24.4.